The lowest BCUT2D eigenvalue weighted by Crippen LogP contribution is -2.40. The molecule has 0 aliphatic heterocycles. The van der Waals surface area contributed by atoms with Crippen LogP contribution in [0.4, 0.5) is 0 Å². The molecule has 0 aromatic carbocycles. The Labute approximate surface area is 105 Å². The van der Waals surface area contributed by atoms with Crippen molar-refractivity contribution in [2.45, 2.75) is 26.7 Å². The molecule has 1 fully saturated rings. The van der Waals surface area contributed by atoms with Gasteiger partial charge in [-0.1, -0.05) is 13.8 Å². The van der Waals surface area contributed by atoms with Crippen LogP contribution in [-0.4, -0.2) is 46.5 Å². The molecule has 0 heterocycles. The van der Waals surface area contributed by atoms with Crippen LogP contribution in [0, 0.1) is 11.3 Å². The van der Waals surface area contributed by atoms with Crippen LogP contribution in [0.15, 0.2) is 0 Å². The zero-order chi connectivity index (χ0) is 13.1. The van der Waals surface area contributed by atoms with Gasteiger partial charge < -0.3 is 5.32 Å². The van der Waals surface area contributed by atoms with Crippen LogP contribution in [-0.2, 0) is 10.2 Å². The van der Waals surface area contributed by atoms with Gasteiger partial charge in [-0.15, -0.1) is 0 Å². The lowest BCUT2D eigenvalue weighted by atomic mass is 10.1. The van der Waals surface area contributed by atoms with E-state index in [9.17, 15) is 8.42 Å². The Balaban J connectivity index is 2.30. The fraction of sp³-hybridized carbons (Fsp3) is 1.00. The summed E-state index contributed by atoms with van der Waals surface area (Å²) in [6, 6.07) is 0. The molecule has 0 radical (unpaired) electrons. The van der Waals surface area contributed by atoms with Gasteiger partial charge in [-0.2, -0.15) is 12.7 Å². The molecule has 0 aromatic heterocycles. The van der Waals surface area contributed by atoms with Crippen molar-refractivity contribution in [1.82, 2.24) is 14.3 Å². The van der Waals surface area contributed by atoms with E-state index in [1.807, 2.05) is 7.05 Å². The summed E-state index contributed by atoms with van der Waals surface area (Å²) < 4.78 is 27.8. The highest BCUT2D eigenvalue weighted by atomic mass is 32.2. The summed E-state index contributed by atoms with van der Waals surface area (Å²) in [4.78, 5) is 0. The molecule has 6 heteroatoms. The number of nitrogens with zero attached hydrogens (tertiary/aromatic N) is 1. The summed E-state index contributed by atoms with van der Waals surface area (Å²) >= 11 is 0. The van der Waals surface area contributed by atoms with Gasteiger partial charge in [0.15, 0.2) is 0 Å². The van der Waals surface area contributed by atoms with Crippen molar-refractivity contribution in [2.75, 3.05) is 33.7 Å². The number of hydrogen-bond acceptors (Lipinski definition) is 3. The minimum atomic E-state index is -3.29. The minimum Gasteiger partial charge on any atom is -0.320 e. The van der Waals surface area contributed by atoms with Crippen molar-refractivity contribution < 1.29 is 8.42 Å². The third-order valence-electron chi connectivity index (χ3n) is 3.54. The molecule has 2 N–H and O–H groups in total. The lowest BCUT2D eigenvalue weighted by molar-refractivity contribution is 0.443. The second-order valence-electron chi connectivity index (χ2n) is 5.52. The molecule has 0 aromatic rings. The number of hydrogen-bond donors (Lipinski definition) is 2. The Morgan fingerprint density at radius 3 is 2.47 bits per heavy atom. The van der Waals surface area contributed by atoms with Crippen LogP contribution >= 0.6 is 0 Å². The van der Waals surface area contributed by atoms with Gasteiger partial charge in [-0.25, -0.2) is 4.72 Å². The smallest absolute Gasteiger partial charge is 0.279 e. The Morgan fingerprint density at radius 2 is 2.00 bits per heavy atom. The predicted octanol–water partition coefficient (Wildman–Crippen LogP) is 0.408. The molecule has 1 unspecified atom stereocenters. The van der Waals surface area contributed by atoms with Crippen LogP contribution in [0.25, 0.3) is 0 Å². The Hall–Kier alpha value is -0.170. The van der Waals surface area contributed by atoms with Crippen molar-refractivity contribution >= 4 is 10.2 Å². The second-order valence-corrected chi connectivity index (χ2v) is 7.38. The zero-order valence-electron chi connectivity index (χ0n) is 11.3. The SMILES string of the molecule is CNCCCN(C)S(=O)(=O)NCC1CC1(C)C. The van der Waals surface area contributed by atoms with Crippen molar-refractivity contribution in [3.05, 3.63) is 0 Å². The fourth-order valence-electron chi connectivity index (χ4n) is 1.84. The van der Waals surface area contributed by atoms with E-state index in [2.05, 4.69) is 23.9 Å². The molecule has 17 heavy (non-hydrogen) atoms. The normalized spacial score (nSPS) is 23.0. The fourth-order valence-corrected chi connectivity index (χ4v) is 2.84. The van der Waals surface area contributed by atoms with Gasteiger partial charge in [0.1, 0.15) is 0 Å². The molecule has 0 amide bonds. The molecule has 1 aliphatic rings. The molecule has 0 bridgehead atoms. The molecular formula is C11H25N3O2S. The zero-order valence-corrected chi connectivity index (χ0v) is 12.1. The average Bonchev–Trinajstić information content (AvgIpc) is 2.84. The van der Waals surface area contributed by atoms with Crippen LogP contribution in [0.2, 0.25) is 0 Å². The van der Waals surface area contributed by atoms with Gasteiger partial charge in [-0.05, 0) is 37.8 Å². The van der Waals surface area contributed by atoms with Gasteiger partial charge >= 0.3 is 0 Å². The van der Waals surface area contributed by atoms with E-state index in [-0.39, 0.29) is 0 Å². The first-order valence-corrected chi connectivity index (χ1v) is 7.59. The van der Waals surface area contributed by atoms with Gasteiger partial charge in [-0.3, -0.25) is 0 Å². The predicted molar refractivity (Wildman–Crippen MR) is 70.0 cm³/mol. The summed E-state index contributed by atoms with van der Waals surface area (Å²) in [6.45, 7) is 6.27. The van der Waals surface area contributed by atoms with Gasteiger partial charge in [0.25, 0.3) is 10.2 Å². The standard InChI is InChI=1S/C11H25N3O2S/c1-11(2)8-10(11)9-13-17(15,16)14(4)7-5-6-12-3/h10,12-13H,5-9H2,1-4H3. The first-order valence-electron chi connectivity index (χ1n) is 6.15. The van der Waals surface area contributed by atoms with E-state index < -0.39 is 10.2 Å². The van der Waals surface area contributed by atoms with Crippen molar-refractivity contribution in [2.24, 2.45) is 11.3 Å². The Kier molecular flexibility index (Phi) is 4.95. The Bertz CT molecular complexity index is 341. The third kappa shape index (κ3) is 4.54. The maximum absolute atomic E-state index is 11.9. The highest BCUT2D eigenvalue weighted by molar-refractivity contribution is 7.87. The molecule has 1 atom stereocenters. The average molecular weight is 263 g/mol. The third-order valence-corrected chi connectivity index (χ3v) is 5.07. The molecule has 1 aliphatic carbocycles. The lowest BCUT2D eigenvalue weighted by Gasteiger charge is -2.17. The van der Waals surface area contributed by atoms with Crippen LogP contribution in [0.3, 0.4) is 0 Å². The first kappa shape index (κ1) is 14.9. The molecular weight excluding hydrogens is 238 g/mol. The Morgan fingerprint density at radius 1 is 1.41 bits per heavy atom. The quantitative estimate of drug-likeness (QED) is 0.624. The van der Waals surface area contributed by atoms with Gasteiger partial charge in [0, 0.05) is 20.1 Å². The van der Waals surface area contributed by atoms with E-state index >= 15 is 0 Å². The maximum atomic E-state index is 11.9. The molecule has 0 saturated heterocycles. The molecule has 102 valence electrons. The van der Waals surface area contributed by atoms with E-state index in [1.54, 1.807) is 7.05 Å². The largest absolute Gasteiger partial charge is 0.320 e. The summed E-state index contributed by atoms with van der Waals surface area (Å²) in [5.74, 6) is 0.489. The summed E-state index contributed by atoms with van der Waals surface area (Å²) in [5.41, 5.74) is 0.313. The molecule has 0 spiro atoms. The van der Waals surface area contributed by atoms with Crippen molar-refractivity contribution in [3.63, 3.8) is 0 Å². The van der Waals surface area contributed by atoms with Crippen molar-refractivity contribution in [1.29, 1.82) is 0 Å². The summed E-state index contributed by atoms with van der Waals surface area (Å²) in [7, 11) is 0.194. The van der Waals surface area contributed by atoms with Crippen LogP contribution < -0.4 is 10.0 Å². The molecule has 5 nitrogen and oxygen atoms in total. The molecule has 1 rings (SSSR count). The number of nitrogens with one attached hydrogen (secondary N) is 2. The number of rotatable bonds is 8. The maximum Gasteiger partial charge on any atom is 0.279 e. The summed E-state index contributed by atoms with van der Waals surface area (Å²) in [5, 5.41) is 3.00. The van der Waals surface area contributed by atoms with Gasteiger partial charge in [0.2, 0.25) is 0 Å². The highest BCUT2D eigenvalue weighted by Gasteiger charge is 2.45. The highest BCUT2D eigenvalue weighted by Crippen LogP contribution is 2.51. The van der Waals surface area contributed by atoms with E-state index in [0.29, 0.717) is 24.4 Å². The van der Waals surface area contributed by atoms with E-state index in [0.717, 1.165) is 19.4 Å². The van der Waals surface area contributed by atoms with Crippen LogP contribution in [0.1, 0.15) is 26.7 Å². The monoisotopic (exact) mass is 263 g/mol. The minimum absolute atomic E-state index is 0.313. The van der Waals surface area contributed by atoms with Crippen LogP contribution in [0.5, 0.6) is 0 Å². The van der Waals surface area contributed by atoms with E-state index in [1.165, 1.54) is 4.31 Å². The second kappa shape index (κ2) is 5.65. The first-order chi connectivity index (χ1) is 7.79. The molecule has 1 saturated carbocycles. The van der Waals surface area contributed by atoms with E-state index in [4.69, 9.17) is 0 Å². The van der Waals surface area contributed by atoms with Gasteiger partial charge in [0.05, 0.1) is 0 Å². The van der Waals surface area contributed by atoms with Crippen molar-refractivity contribution in [3.8, 4) is 0 Å². The topological polar surface area (TPSA) is 61.4 Å². The summed E-state index contributed by atoms with van der Waals surface area (Å²) in [6.07, 6.45) is 1.93.